The van der Waals surface area contributed by atoms with Crippen molar-refractivity contribution in [2.75, 3.05) is 13.1 Å². The van der Waals surface area contributed by atoms with Gasteiger partial charge >= 0.3 is 6.09 Å². The second-order valence-corrected chi connectivity index (χ2v) is 4.92. The lowest BCUT2D eigenvalue weighted by atomic mass is 10.1. The second-order valence-electron chi connectivity index (χ2n) is 4.92. The molecule has 0 bridgehead atoms. The number of amides is 1. The van der Waals surface area contributed by atoms with Gasteiger partial charge in [-0.15, -0.1) is 0 Å². The van der Waals surface area contributed by atoms with Gasteiger partial charge in [0.25, 0.3) is 0 Å². The van der Waals surface area contributed by atoms with Crippen molar-refractivity contribution in [1.29, 1.82) is 0 Å². The van der Waals surface area contributed by atoms with Crippen LogP contribution in [0, 0.1) is 0 Å². The number of fused-ring (bicyclic) bond motifs is 1. The van der Waals surface area contributed by atoms with Crippen LogP contribution >= 0.6 is 0 Å². The third-order valence-electron chi connectivity index (χ3n) is 2.34. The Morgan fingerprint density at radius 1 is 1.50 bits per heavy atom. The highest BCUT2D eigenvalue weighted by atomic mass is 16.6. The minimum Gasteiger partial charge on any atom is -0.444 e. The van der Waals surface area contributed by atoms with Crippen LogP contribution in [-0.4, -0.2) is 35.9 Å². The molecule has 0 radical (unpaired) electrons. The Hall–Kier alpha value is -1.58. The Kier molecular flexibility index (Phi) is 2.58. The highest BCUT2D eigenvalue weighted by molar-refractivity contribution is 5.81. The van der Waals surface area contributed by atoms with E-state index in [-0.39, 0.29) is 6.09 Å². The number of ether oxygens (including phenoxy) is 1. The SMILES string of the molecule is CC(C)(C)OC(=O)N1CC=C2N=CC=C2C1. The minimum absolute atomic E-state index is 0.268. The molecule has 4 heteroatoms. The molecular formula is C12H16N2O2. The number of carbonyl (C=O) groups excluding carboxylic acids is 1. The van der Waals surface area contributed by atoms with E-state index in [4.69, 9.17) is 4.74 Å². The maximum Gasteiger partial charge on any atom is 0.410 e. The highest BCUT2D eigenvalue weighted by Crippen LogP contribution is 2.22. The van der Waals surface area contributed by atoms with Gasteiger partial charge in [-0.05, 0) is 38.5 Å². The topological polar surface area (TPSA) is 41.9 Å². The third-order valence-corrected chi connectivity index (χ3v) is 2.34. The Morgan fingerprint density at radius 2 is 2.25 bits per heavy atom. The van der Waals surface area contributed by atoms with Crippen molar-refractivity contribution in [3.63, 3.8) is 0 Å². The monoisotopic (exact) mass is 220 g/mol. The molecule has 0 spiro atoms. The molecule has 0 aliphatic carbocycles. The van der Waals surface area contributed by atoms with Crippen LogP contribution in [0.1, 0.15) is 20.8 Å². The standard InChI is InChI=1S/C12H16N2O2/c1-12(2,3)16-11(15)14-7-5-10-9(8-14)4-6-13-10/h4-6H,7-8H2,1-3H3. The molecule has 2 rings (SSSR count). The summed E-state index contributed by atoms with van der Waals surface area (Å²) in [6.45, 7) is 6.76. The van der Waals surface area contributed by atoms with Gasteiger partial charge in [-0.2, -0.15) is 0 Å². The molecule has 2 aliphatic heterocycles. The van der Waals surface area contributed by atoms with E-state index in [1.54, 1.807) is 11.1 Å². The molecule has 4 nitrogen and oxygen atoms in total. The Balaban J connectivity index is 2.01. The predicted octanol–water partition coefficient (Wildman–Crippen LogP) is 2.13. The van der Waals surface area contributed by atoms with Crippen LogP contribution in [0.25, 0.3) is 0 Å². The summed E-state index contributed by atoms with van der Waals surface area (Å²) in [5, 5.41) is 0. The maximum absolute atomic E-state index is 11.8. The van der Waals surface area contributed by atoms with E-state index in [1.165, 1.54) is 0 Å². The summed E-state index contributed by atoms with van der Waals surface area (Å²) < 4.78 is 5.32. The van der Waals surface area contributed by atoms with Crippen LogP contribution in [0.5, 0.6) is 0 Å². The number of nitrogens with zero attached hydrogens (tertiary/aromatic N) is 2. The fourth-order valence-corrected chi connectivity index (χ4v) is 1.63. The highest BCUT2D eigenvalue weighted by Gasteiger charge is 2.26. The largest absolute Gasteiger partial charge is 0.444 e. The Bertz CT molecular complexity index is 400. The molecule has 0 saturated heterocycles. The van der Waals surface area contributed by atoms with Gasteiger partial charge in [0.2, 0.25) is 0 Å². The summed E-state index contributed by atoms with van der Waals surface area (Å²) in [6.07, 6.45) is 5.38. The molecular weight excluding hydrogens is 204 g/mol. The number of hydrogen-bond acceptors (Lipinski definition) is 3. The number of allylic oxidation sites excluding steroid dienone is 1. The van der Waals surface area contributed by atoms with E-state index < -0.39 is 5.60 Å². The molecule has 0 N–H and O–H groups in total. The van der Waals surface area contributed by atoms with Crippen molar-refractivity contribution in [3.05, 3.63) is 23.4 Å². The first-order valence-corrected chi connectivity index (χ1v) is 5.37. The van der Waals surface area contributed by atoms with E-state index in [9.17, 15) is 4.79 Å². The summed E-state index contributed by atoms with van der Waals surface area (Å²) in [7, 11) is 0. The van der Waals surface area contributed by atoms with Gasteiger partial charge in [0.1, 0.15) is 5.60 Å². The third kappa shape index (κ3) is 2.32. The average Bonchev–Trinajstić information content (AvgIpc) is 2.61. The zero-order chi connectivity index (χ0) is 11.8. The van der Waals surface area contributed by atoms with Crippen molar-refractivity contribution in [1.82, 2.24) is 4.90 Å². The molecule has 0 aromatic carbocycles. The van der Waals surface area contributed by atoms with Gasteiger partial charge in [0, 0.05) is 12.8 Å². The van der Waals surface area contributed by atoms with Crippen LogP contribution in [0.3, 0.4) is 0 Å². The van der Waals surface area contributed by atoms with Crippen molar-refractivity contribution in [2.45, 2.75) is 26.4 Å². The van der Waals surface area contributed by atoms with Gasteiger partial charge in [0.15, 0.2) is 0 Å². The molecule has 16 heavy (non-hydrogen) atoms. The van der Waals surface area contributed by atoms with Gasteiger partial charge < -0.3 is 4.74 Å². The van der Waals surface area contributed by atoms with Crippen molar-refractivity contribution >= 4 is 12.3 Å². The molecule has 1 amide bonds. The van der Waals surface area contributed by atoms with E-state index in [1.807, 2.05) is 32.9 Å². The summed E-state index contributed by atoms with van der Waals surface area (Å²) in [5.74, 6) is 0. The number of aliphatic imine (C=N–C) groups is 1. The first-order valence-electron chi connectivity index (χ1n) is 5.37. The summed E-state index contributed by atoms with van der Waals surface area (Å²) >= 11 is 0. The van der Waals surface area contributed by atoms with Gasteiger partial charge in [-0.3, -0.25) is 9.89 Å². The first-order chi connectivity index (χ1) is 7.46. The zero-order valence-electron chi connectivity index (χ0n) is 9.86. The predicted molar refractivity (Wildman–Crippen MR) is 62.5 cm³/mol. The first kappa shape index (κ1) is 10.9. The summed E-state index contributed by atoms with van der Waals surface area (Å²) in [6, 6.07) is 0. The van der Waals surface area contributed by atoms with E-state index in [0.29, 0.717) is 13.1 Å². The molecule has 0 aromatic rings. The van der Waals surface area contributed by atoms with Crippen molar-refractivity contribution in [2.24, 2.45) is 4.99 Å². The minimum atomic E-state index is -0.443. The van der Waals surface area contributed by atoms with E-state index >= 15 is 0 Å². The average molecular weight is 220 g/mol. The lowest BCUT2D eigenvalue weighted by Crippen LogP contribution is -2.39. The Morgan fingerprint density at radius 3 is 2.94 bits per heavy atom. The Labute approximate surface area is 95.3 Å². The zero-order valence-corrected chi connectivity index (χ0v) is 9.86. The van der Waals surface area contributed by atoms with Gasteiger partial charge in [0.05, 0.1) is 12.2 Å². The molecule has 0 unspecified atom stereocenters. The summed E-state index contributed by atoms with van der Waals surface area (Å²) in [5.41, 5.74) is 1.62. The quantitative estimate of drug-likeness (QED) is 0.627. The maximum atomic E-state index is 11.8. The molecule has 0 aromatic heterocycles. The number of rotatable bonds is 0. The molecule has 0 saturated carbocycles. The number of carbonyl (C=O) groups is 1. The van der Waals surface area contributed by atoms with Crippen LogP contribution in [-0.2, 0) is 4.74 Å². The fourth-order valence-electron chi connectivity index (χ4n) is 1.63. The van der Waals surface area contributed by atoms with Crippen LogP contribution in [0.15, 0.2) is 28.4 Å². The number of hydrogen-bond donors (Lipinski definition) is 0. The normalized spacial score (nSPS) is 19.1. The van der Waals surface area contributed by atoms with Crippen LogP contribution in [0.2, 0.25) is 0 Å². The molecule has 0 atom stereocenters. The fraction of sp³-hybridized carbons (Fsp3) is 0.500. The van der Waals surface area contributed by atoms with Crippen LogP contribution in [0.4, 0.5) is 4.79 Å². The second kappa shape index (κ2) is 3.77. The lowest BCUT2D eigenvalue weighted by Gasteiger charge is -2.29. The van der Waals surface area contributed by atoms with Gasteiger partial charge in [-0.25, -0.2) is 4.79 Å². The molecule has 2 aliphatic rings. The molecule has 86 valence electrons. The van der Waals surface area contributed by atoms with Crippen molar-refractivity contribution in [3.8, 4) is 0 Å². The summed E-state index contributed by atoms with van der Waals surface area (Å²) in [4.78, 5) is 17.7. The lowest BCUT2D eigenvalue weighted by molar-refractivity contribution is 0.0284. The smallest absolute Gasteiger partial charge is 0.410 e. The molecule has 0 fully saturated rings. The van der Waals surface area contributed by atoms with Crippen molar-refractivity contribution < 1.29 is 9.53 Å². The molecule has 2 heterocycles. The van der Waals surface area contributed by atoms with E-state index in [0.717, 1.165) is 11.3 Å². The van der Waals surface area contributed by atoms with Gasteiger partial charge in [-0.1, -0.05) is 0 Å². The van der Waals surface area contributed by atoms with Crippen LogP contribution < -0.4 is 0 Å². The van der Waals surface area contributed by atoms with E-state index in [2.05, 4.69) is 4.99 Å².